The molecule has 0 unspecified atom stereocenters. The van der Waals surface area contributed by atoms with Crippen LogP contribution in [0.5, 0.6) is 0 Å². The van der Waals surface area contributed by atoms with Crippen molar-refractivity contribution in [3.8, 4) is 0 Å². The fourth-order valence-corrected chi connectivity index (χ4v) is 2.68. The quantitative estimate of drug-likeness (QED) is 0.641. The first kappa shape index (κ1) is 15.5. The van der Waals surface area contributed by atoms with Gasteiger partial charge < -0.3 is 10.1 Å². The number of aromatic nitrogens is 2. The standard InChI is InChI=1S/C15H24ClN3O/c1-3-13-18-14(16)11(2)15(19-13)17-9-10-20-12-7-5-4-6-8-12/h12H,3-10H2,1-2H3,(H,17,18,19). The maximum Gasteiger partial charge on any atom is 0.137 e. The monoisotopic (exact) mass is 297 g/mol. The number of rotatable bonds is 6. The van der Waals surface area contributed by atoms with Gasteiger partial charge in [-0.25, -0.2) is 9.97 Å². The first-order valence-corrected chi connectivity index (χ1v) is 7.97. The van der Waals surface area contributed by atoms with Gasteiger partial charge in [-0.05, 0) is 19.8 Å². The summed E-state index contributed by atoms with van der Waals surface area (Å²) in [5.41, 5.74) is 0.904. The van der Waals surface area contributed by atoms with E-state index in [9.17, 15) is 0 Å². The van der Waals surface area contributed by atoms with Crippen molar-refractivity contribution < 1.29 is 4.74 Å². The Morgan fingerprint density at radius 2 is 2.00 bits per heavy atom. The van der Waals surface area contributed by atoms with Crippen LogP contribution >= 0.6 is 11.6 Å². The van der Waals surface area contributed by atoms with Gasteiger partial charge in [-0.3, -0.25) is 0 Å². The second kappa shape index (κ2) is 7.79. The van der Waals surface area contributed by atoms with Crippen LogP contribution in [0.1, 0.15) is 50.4 Å². The highest BCUT2D eigenvalue weighted by Gasteiger charge is 2.13. The minimum atomic E-state index is 0.451. The third-order valence-electron chi connectivity index (χ3n) is 3.75. The predicted molar refractivity (Wildman–Crippen MR) is 82.5 cm³/mol. The molecular formula is C15H24ClN3O. The van der Waals surface area contributed by atoms with Gasteiger partial charge in [-0.1, -0.05) is 37.8 Å². The Bertz CT molecular complexity index is 433. The molecular weight excluding hydrogens is 274 g/mol. The Hall–Kier alpha value is -0.870. The van der Waals surface area contributed by atoms with E-state index >= 15 is 0 Å². The first-order chi connectivity index (χ1) is 9.70. The molecule has 1 aromatic rings. The highest BCUT2D eigenvalue weighted by Crippen LogP contribution is 2.21. The zero-order chi connectivity index (χ0) is 14.4. The summed E-state index contributed by atoms with van der Waals surface area (Å²) in [5.74, 6) is 1.60. The van der Waals surface area contributed by atoms with E-state index in [-0.39, 0.29) is 0 Å². The Morgan fingerprint density at radius 1 is 1.25 bits per heavy atom. The van der Waals surface area contributed by atoms with Crippen LogP contribution in [0.25, 0.3) is 0 Å². The molecule has 0 bridgehead atoms. The number of hydrogen-bond acceptors (Lipinski definition) is 4. The van der Waals surface area contributed by atoms with E-state index in [4.69, 9.17) is 16.3 Å². The van der Waals surface area contributed by atoms with Gasteiger partial charge in [0.2, 0.25) is 0 Å². The average Bonchev–Trinajstić information content (AvgIpc) is 2.48. The summed E-state index contributed by atoms with van der Waals surface area (Å²) in [6.45, 7) is 5.43. The number of ether oxygens (including phenoxy) is 1. The summed E-state index contributed by atoms with van der Waals surface area (Å²) in [6.07, 6.45) is 7.62. The van der Waals surface area contributed by atoms with E-state index in [1.165, 1.54) is 32.1 Å². The maximum atomic E-state index is 6.11. The zero-order valence-electron chi connectivity index (χ0n) is 12.4. The molecule has 1 aliphatic carbocycles. The first-order valence-electron chi connectivity index (χ1n) is 7.59. The van der Waals surface area contributed by atoms with E-state index < -0.39 is 0 Å². The van der Waals surface area contributed by atoms with Gasteiger partial charge in [0.25, 0.3) is 0 Å². The lowest BCUT2D eigenvalue weighted by Gasteiger charge is -2.22. The lowest BCUT2D eigenvalue weighted by atomic mass is 9.98. The molecule has 1 heterocycles. The highest BCUT2D eigenvalue weighted by atomic mass is 35.5. The van der Waals surface area contributed by atoms with E-state index in [2.05, 4.69) is 15.3 Å². The number of nitrogens with one attached hydrogen (secondary N) is 1. The van der Waals surface area contributed by atoms with Gasteiger partial charge in [0, 0.05) is 18.5 Å². The molecule has 1 fully saturated rings. The molecule has 0 radical (unpaired) electrons. The number of anilines is 1. The molecule has 1 aliphatic rings. The minimum absolute atomic E-state index is 0.451. The second-order valence-corrected chi connectivity index (χ2v) is 5.67. The van der Waals surface area contributed by atoms with Crippen LogP contribution in [0, 0.1) is 6.92 Å². The lowest BCUT2D eigenvalue weighted by molar-refractivity contribution is 0.0347. The van der Waals surface area contributed by atoms with Crippen molar-refractivity contribution in [2.45, 2.75) is 58.5 Å². The maximum absolute atomic E-state index is 6.11. The number of hydrogen-bond donors (Lipinski definition) is 1. The van der Waals surface area contributed by atoms with Crippen molar-refractivity contribution in [1.82, 2.24) is 9.97 Å². The SMILES string of the molecule is CCc1nc(Cl)c(C)c(NCCOC2CCCCC2)n1. The largest absolute Gasteiger partial charge is 0.376 e. The van der Waals surface area contributed by atoms with Gasteiger partial charge in [0.05, 0.1) is 12.7 Å². The van der Waals surface area contributed by atoms with Crippen molar-refractivity contribution in [1.29, 1.82) is 0 Å². The summed E-state index contributed by atoms with van der Waals surface area (Å²) in [6, 6.07) is 0. The van der Waals surface area contributed by atoms with Crippen LogP contribution in [0.2, 0.25) is 5.15 Å². The van der Waals surface area contributed by atoms with E-state index in [1.807, 2.05) is 13.8 Å². The Balaban J connectivity index is 1.79. The molecule has 0 spiro atoms. The molecule has 20 heavy (non-hydrogen) atoms. The summed E-state index contributed by atoms with van der Waals surface area (Å²) in [5, 5.41) is 3.84. The van der Waals surface area contributed by atoms with Crippen LogP contribution < -0.4 is 5.32 Å². The van der Waals surface area contributed by atoms with Crippen molar-refractivity contribution in [2.75, 3.05) is 18.5 Å². The number of nitrogens with zero attached hydrogens (tertiary/aromatic N) is 2. The molecule has 0 amide bonds. The topological polar surface area (TPSA) is 47.0 Å². The molecule has 0 aromatic carbocycles. The zero-order valence-corrected chi connectivity index (χ0v) is 13.2. The van der Waals surface area contributed by atoms with Crippen molar-refractivity contribution in [3.63, 3.8) is 0 Å². The third kappa shape index (κ3) is 4.32. The smallest absolute Gasteiger partial charge is 0.137 e. The summed E-state index contributed by atoms with van der Waals surface area (Å²) in [4.78, 5) is 8.71. The minimum Gasteiger partial charge on any atom is -0.376 e. The predicted octanol–water partition coefficient (Wildman–Crippen LogP) is 3.76. The molecule has 0 saturated heterocycles. The lowest BCUT2D eigenvalue weighted by Crippen LogP contribution is -2.21. The number of halogens is 1. The Labute approximate surface area is 126 Å². The van der Waals surface area contributed by atoms with Crippen molar-refractivity contribution in [2.24, 2.45) is 0 Å². The molecule has 0 aliphatic heterocycles. The van der Waals surface area contributed by atoms with E-state index in [0.717, 1.165) is 30.2 Å². The molecule has 2 rings (SSSR count). The van der Waals surface area contributed by atoms with Crippen LogP contribution in [0.4, 0.5) is 5.82 Å². The van der Waals surface area contributed by atoms with Gasteiger partial charge in [-0.15, -0.1) is 0 Å². The fraction of sp³-hybridized carbons (Fsp3) is 0.733. The van der Waals surface area contributed by atoms with Gasteiger partial charge in [-0.2, -0.15) is 0 Å². The fourth-order valence-electron chi connectivity index (χ4n) is 2.49. The summed E-state index contributed by atoms with van der Waals surface area (Å²) < 4.78 is 5.89. The van der Waals surface area contributed by atoms with Crippen LogP contribution in [-0.2, 0) is 11.2 Å². The average molecular weight is 298 g/mol. The molecule has 1 aromatic heterocycles. The Kier molecular flexibility index (Phi) is 6.05. The van der Waals surface area contributed by atoms with Gasteiger partial charge in [0.1, 0.15) is 16.8 Å². The molecule has 4 nitrogen and oxygen atoms in total. The highest BCUT2D eigenvalue weighted by molar-refractivity contribution is 6.30. The normalized spacial score (nSPS) is 16.4. The van der Waals surface area contributed by atoms with Gasteiger partial charge >= 0.3 is 0 Å². The molecule has 1 N–H and O–H groups in total. The van der Waals surface area contributed by atoms with Gasteiger partial charge in [0.15, 0.2) is 0 Å². The molecule has 1 saturated carbocycles. The summed E-state index contributed by atoms with van der Waals surface area (Å²) >= 11 is 6.11. The van der Waals surface area contributed by atoms with Crippen molar-refractivity contribution >= 4 is 17.4 Å². The van der Waals surface area contributed by atoms with Crippen LogP contribution in [0.3, 0.4) is 0 Å². The van der Waals surface area contributed by atoms with E-state index in [1.54, 1.807) is 0 Å². The third-order valence-corrected chi connectivity index (χ3v) is 4.12. The van der Waals surface area contributed by atoms with Crippen LogP contribution in [-0.4, -0.2) is 29.2 Å². The summed E-state index contributed by atoms with van der Waals surface area (Å²) in [7, 11) is 0. The van der Waals surface area contributed by atoms with Crippen molar-refractivity contribution in [3.05, 3.63) is 16.5 Å². The molecule has 5 heteroatoms. The van der Waals surface area contributed by atoms with Crippen LogP contribution in [0.15, 0.2) is 0 Å². The Morgan fingerprint density at radius 3 is 2.70 bits per heavy atom. The molecule has 0 atom stereocenters. The number of aryl methyl sites for hydroxylation is 1. The van der Waals surface area contributed by atoms with E-state index in [0.29, 0.717) is 17.9 Å². The molecule has 112 valence electrons. The second-order valence-electron chi connectivity index (χ2n) is 5.32.